The van der Waals surface area contributed by atoms with E-state index in [-0.39, 0.29) is 5.82 Å². The van der Waals surface area contributed by atoms with Gasteiger partial charge >= 0.3 is 6.09 Å². The number of fused-ring (bicyclic) bond motifs is 1. The molecule has 1 aromatic heterocycles. The molecule has 4 aromatic rings. The average molecular weight is 491 g/mol. The Morgan fingerprint density at radius 3 is 2.22 bits per heavy atom. The van der Waals surface area contributed by atoms with E-state index in [9.17, 15) is 14.3 Å². The molecule has 7 nitrogen and oxygen atoms in total. The van der Waals surface area contributed by atoms with E-state index in [1.165, 1.54) is 17.0 Å². The lowest BCUT2D eigenvalue weighted by Gasteiger charge is -2.29. The summed E-state index contributed by atoms with van der Waals surface area (Å²) >= 11 is 0. The largest absolute Gasteiger partial charge is 0.493 e. The average Bonchev–Trinajstić information content (AvgIpc) is 2.87. The van der Waals surface area contributed by atoms with Crippen LogP contribution >= 0.6 is 0 Å². The summed E-state index contributed by atoms with van der Waals surface area (Å²) in [7, 11) is 3.13. The third-order valence-corrected chi connectivity index (χ3v) is 6.34. The predicted octanol–water partition coefficient (Wildman–Crippen LogP) is 7.05. The lowest BCUT2D eigenvalue weighted by Crippen LogP contribution is -2.32. The number of ether oxygens (including phenoxy) is 3. The standard InChI is InChI=1S/C28H27FN2O5/c1-16-17(2)24(36-25-12-13-30-22-15-27(35-5)26(34-4)14-21(22)25)11-10-23(16)31(28(32)33)18(3)19-6-8-20(29)9-7-19/h6-15,18H,1-5H3,(H,32,33). The Kier molecular flexibility index (Phi) is 6.96. The fourth-order valence-electron chi connectivity index (χ4n) is 4.18. The normalized spacial score (nSPS) is 11.7. The SMILES string of the molecule is COc1cc2nccc(Oc3ccc(N(C(=O)O)C(C)c4ccc(F)cc4)c(C)c3C)c2cc1OC. The third-order valence-electron chi connectivity index (χ3n) is 6.34. The molecule has 0 spiro atoms. The van der Waals surface area contributed by atoms with Crippen LogP contribution in [0.4, 0.5) is 14.9 Å². The summed E-state index contributed by atoms with van der Waals surface area (Å²) in [5, 5.41) is 10.8. The molecule has 8 heteroatoms. The van der Waals surface area contributed by atoms with Gasteiger partial charge in [0.1, 0.15) is 17.3 Å². The molecular weight excluding hydrogens is 463 g/mol. The van der Waals surface area contributed by atoms with E-state index in [2.05, 4.69) is 4.98 Å². The molecule has 0 aliphatic rings. The Morgan fingerprint density at radius 2 is 1.58 bits per heavy atom. The summed E-state index contributed by atoms with van der Waals surface area (Å²) in [6.45, 7) is 5.50. The van der Waals surface area contributed by atoms with E-state index >= 15 is 0 Å². The molecule has 0 saturated carbocycles. The minimum atomic E-state index is -1.11. The second kappa shape index (κ2) is 10.1. The van der Waals surface area contributed by atoms with Crippen LogP contribution in [-0.2, 0) is 0 Å². The molecule has 1 atom stereocenters. The van der Waals surface area contributed by atoms with Crippen LogP contribution in [0.1, 0.15) is 29.7 Å². The number of anilines is 1. The van der Waals surface area contributed by atoms with Gasteiger partial charge in [0.05, 0.1) is 31.5 Å². The van der Waals surface area contributed by atoms with Crippen molar-refractivity contribution >= 4 is 22.7 Å². The summed E-state index contributed by atoms with van der Waals surface area (Å²) in [6.07, 6.45) is 0.542. The zero-order chi connectivity index (χ0) is 26.0. The van der Waals surface area contributed by atoms with Crippen molar-refractivity contribution in [2.45, 2.75) is 26.8 Å². The van der Waals surface area contributed by atoms with Crippen molar-refractivity contribution < 1.29 is 28.5 Å². The molecule has 1 amide bonds. The number of carbonyl (C=O) groups is 1. The zero-order valence-electron chi connectivity index (χ0n) is 20.7. The van der Waals surface area contributed by atoms with E-state index in [0.29, 0.717) is 39.8 Å². The number of hydrogen-bond acceptors (Lipinski definition) is 5. The lowest BCUT2D eigenvalue weighted by molar-refractivity contribution is 0.199. The van der Waals surface area contributed by atoms with Gasteiger partial charge in [0.15, 0.2) is 11.5 Å². The first kappa shape index (κ1) is 24.8. The molecule has 36 heavy (non-hydrogen) atoms. The fourth-order valence-corrected chi connectivity index (χ4v) is 4.18. The first-order valence-electron chi connectivity index (χ1n) is 11.3. The van der Waals surface area contributed by atoms with E-state index in [1.54, 1.807) is 63.7 Å². The molecule has 0 fully saturated rings. The van der Waals surface area contributed by atoms with E-state index in [4.69, 9.17) is 14.2 Å². The summed E-state index contributed by atoms with van der Waals surface area (Å²) in [5.74, 6) is 1.90. The van der Waals surface area contributed by atoms with Gasteiger partial charge in [0.25, 0.3) is 0 Å². The number of rotatable bonds is 7. The minimum absolute atomic E-state index is 0.374. The van der Waals surface area contributed by atoms with Crippen molar-refractivity contribution in [1.29, 1.82) is 0 Å². The Hall–Kier alpha value is -4.33. The van der Waals surface area contributed by atoms with Gasteiger partial charge in [-0.2, -0.15) is 0 Å². The van der Waals surface area contributed by atoms with Crippen molar-refractivity contribution in [3.05, 3.63) is 83.3 Å². The number of hydrogen-bond donors (Lipinski definition) is 1. The first-order chi connectivity index (χ1) is 17.2. The van der Waals surface area contributed by atoms with Crippen LogP contribution in [0.5, 0.6) is 23.0 Å². The molecule has 4 rings (SSSR count). The molecule has 3 aromatic carbocycles. The highest BCUT2D eigenvalue weighted by molar-refractivity contribution is 5.90. The second-order valence-corrected chi connectivity index (χ2v) is 8.35. The highest BCUT2D eigenvalue weighted by Crippen LogP contribution is 2.40. The molecular formula is C28H27FN2O5. The Bertz CT molecular complexity index is 1420. The van der Waals surface area contributed by atoms with Crippen molar-refractivity contribution in [3.8, 4) is 23.0 Å². The maximum atomic E-state index is 13.4. The topological polar surface area (TPSA) is 81.1 Å². The quantitative estimate of drug-likeness (QED) is 0.299. The van der Waals surface area contributed by atoms with Crippen LogP contribution in [-0.4, -0.2) is 30.4 Å². The van der Waals surface area contributed by atoms with E-state index < -0.39 is 12.1 Å². The number of nitrogens with zero attached hydrogens (tertiary/aromatic N) is 2. The number of amides is 1. The van der Waals surface area contributed by atoms with Gasteiger partial charge < -0.3 is 19.3 Å². The maximum absolute atomic E-state index is 13.4. The molecule has 186 valence electrons. The lowest BCUT2D eigenvalue weighted by atomic mass is 10.0. The van der Waals surface area contributed by atoms with Crippen molar-refractivity contribution in [2.24, 2.45) is 0 Å². The Balaban J connectivity index is 1.72. The summed E-state index contributed by atoms with van der Waals surface area (Å²) in [5.41, 5.74) is 3.43. The van der Waals surface area contributed by atoms with Gasteiger partial charge in [0, 0.05) is 17.6 Å². The van der Waals surface area contributed by atoms with Gasteiger partial charge in [-0.15, -0.1) is 0 Å². The molecule has 0 aliphatic carbocycles. The second-order valence-electron chi connectivity index (χ2n) is 8.35. The van der Waals surface area contributed by atoms with Crippen LogP contribution in [0, 0.1) is 19.7 Å². The number of benzene rings is 3. The first-order valence-corrected chi connectivity index (χ1v) is 11.3. The maximum Gasteiger partial charge on any atom is 0.412 e. The predicted molar refractivity (Wildman–Crippen MR) is 136 cm³/mol. The van der Waals surface area contributed by atoms with Crippen LogP contribution in [0.15, 0.2) is 60.8 Å². The number of aromatic nitrogens is 1. The molecule has 1 N–H and O–H groups in total. The molecule has 0 saturated heterocycles. The Labute approximate surface area is 208 Å². The molecule has 0 bridgehead atoms. The number of pyridine rings is 1. The minimum Gasteiger partial charge on any atom is -0.493 e. The van der Waals surface area contributed by atoms with Crippen molar-refractivity contribution in [1.82, 2.24) is 4.98 Å². The van der Waals surface area contributed by atoms with E-state index in [0.717, 1.165) is 16.5 Å². The van der Waals surface area contributed by atoms with Crippen LogP contribution in [0.3, 0.4) is 0 Å². The zero-order valence-corrected chi connectivity index (χ0v) is 20.7. The third kappa shape index (κ3) is 4.62. The molecule has 1 unspecified atom stereocenters. The molecule has 1 heterocycles. The van der Waals surface area contributed by atoms with Gasteiger partial charge in [-0.05, 0) is 73.9 Å². The van der Waals surface area contributed by atoms with Crippen molar-refractivity contribution in [3.63, 3.8) is 0 Å². The van der Waals surface area contributed by atoms with Crippen LogP contribution < -0.4 is 19.1 Å². The monoisotopic (exact) mass is 490 g/mol. The van der Waals surface area contributed by atoms with Crippen LogP contribution in [0.25, 0.3) is 10.9 Å². The fraction of sp³-hybridized carbons (Fsp3) is 0.214. The Morgan fingerprint density at radius 1 is 0.917 bits per heavy atom. The van der Waals surface area contributed by atoms with Gasteiger partial charge in [-0.1, -0.05) is 12.1 Å². The highest BCUT2D eigenvalue weighted by Gasteiger charge is 2.26. The van der Waals surface area contributed by atoms with Crippen LogP contribution in [0.2, 0.25) is 0 Å². The number of halogens is 1. The summed E-state index contributed by atoms with van der Waals surface area (Å²) in [6, 6.07) is 14.1. The van der Waals surface area contributed by atoms with Gasteiger partial charge in [0.2, 0.25) is 0 Å². The summed E-state index contributed by atoms with van der Waals surface area (Å²) < 4.78 is 30.5. The number of methoxy groups -OCH3 is 2. The highest BCUT2D eigenvalue weighted by atomic mass is 19.1. The van der Waals surface area contributed by atoms with E-state index in [1.807, 2.05) is 19.9 Å². The molecule has 0 aliphatic heterocycles. The summed E-state index contributed by atoms with van der Waals surface area (Å²) in [4.78, 5) is 18.0. The van der Waals surface area contributed by atoms with Gasteiger partial charge in [-0.25, -0.2) is 9.18 Å². The molecule has 0 radical (unpaired) electrons. The smallest absolute Gasteiger partial charge is 0.412 e. The number of carboxylic acid groups (broad SMARTS) is 1. The van der Waals surface area contributed by atoms with Gasteiger partial charge in [-0.3, -0.25) is 9.88 Å². The van der Waals surface area contributed by atoms with Crippen molar-refractivity contribution in [2.75, 3.05) is 19.1 Å².